The molecule has 0 nitrogen and oxygen atoms in total. The second-order valence-electron chi connectivity index (χ2n) is 12.8. The molecular formula is C29H54SSi. The lowest BCUT2D eigenvalue weighted by molar-refractivity contribution is 0.545. The highest BCUT2D eigenvalue weighted by atomic mass is 32.1. The van der Waals surface area contributed by atoms with Crippen LogP contribution < -0.4 is 0 Å². The molecule has 0 aliphatic rings. The van der Waals surface area contributed by atoms with Crippen molar-refractivity contribution >= 4 is 20.7 Å². The molecule has 1 aromatic rings. The molecule has 0 aromatic heterocycles. The van der Waals surface area contributed by atoms with Crippen LogP contribution in [0.15, 0.2) is 17.0 Å². The Balaban J connectivity index is 2.62. The van der Waals surface area contributed by atoms with Crippen LogP contribution in [0, 0.1) is 0 Å². The minimum Gasteiger partial charge on any atom is -0.143 e. The van der Waals surface area contributed by atoms with Crippen molar-refractivity contribution in [2.75, 3.05) is 0 Å². The maximum Gasteiger partial charge on any atom is 0.0517 e. The van der Waals surface area contributed by atoms with Gasteiger partial charge in [-0.15, -0.1) is 12.6 Å². The maximum atomic E-state index is 4.99. The molecule has 0 unspecified atom stereocenters. The lowest BCUT2D eigenvalue weighted by Gasteiger charge is -2.31. The Kier molecular flexibility index (Phi) is 12.0. The predicted molar refractivity (Wildman–Crippen MR) is 149 cm³/mol. The van der Waals surface area contributed by atoms with Crippen LogP contribution in [0.3, 0.4) is 0 Å². The van der Waals surface area contributed by atoms with Crippen LogP contribution in [0.4, 0.5) is 0 Å². The number of benzene rings is 1. The van der Waals surface area contributed by atoms with E-state index in [1.807, 2.05) is 0 Å². The van der Waals surface area contributed by atoms with Gasteiger partial charge < -0.3 is 0 Å². The summed E-state index contributed by atoms with van der Waals surface area (Å²) in [6, 6.07) is 7.71. The van der Waals surface area contributed by atoms with E-state index in [1.165, 1.54) is 92.3 Å². The molecule has 1 aromatic carbocycles. The van der Waals surface area contributed by atoms with Gasteiger partial charge in [-0.05, 0) is 33.6 Å². The fraction of sp³-hybridized carbons (Fsp3) is 0.793. The molecule has 180 valence electrons. The average molecular weight is 463 g/mol. The number of hydrogen-bond donors (Lipinski definition) is 1. The molecule has 0 N–H and O–H groups in total. The molecule has 0 bridgehead atoms. The van der Waals surface area contributed by atoms with Crippen molar-refractivity contribution in [2.45, 2.75) is 154 Å². The van der Waals surface area contributed by atoms with E-state index < -0.39 is 8.07 Å². The average Bonchev–Trinajstić information content (AvgIpc) is 2.62. The van der Waals surface area contributed by atoms with Gasteiger partial charge in [-0.2, -0.15) is 0 Å². The third-order valence-electron chi connectivity index (χ3n) is 6.68. The summed E-state index contributed by atoms with van der Waals surface area (Å²) in [6.45, 7) is 21.4. The first-order valence-electron chi connectivity index (χ1n) is 13.1. The first-order chi connectivity index (χ1) is 14.3. The lowest BCUT2D eigenvalue weighted by atomic mass is 9.79. The van der Waals surface area contributed by atoms with Gasteiger partial charge in [-0.1, -0.05) is 144 Å². The zero-order valence-electron chi connectivity index (χ0n) is 22.6. The largest absolute Gasteiger partial charge is 0.143 e. The monoisotopic (exact) mass is 462 g/mol. The molecular weight excluding hydrogens is 408 g/mol. The summed E-state index contributed by atoms with van der Waals surface area (Å²) < 4.78 is 0. The summed E-state index contributed by atoms with van der Waals surface area (Å²) in [5, 5.41) is 0. The lowest BCUT2D eigenvalue weighted by Crippen LogP contribution is -2.30. The Morgan fingerprint density at radius 3 is 1.45 bits per heavy atom. The van der Waals surface area contributed by atoms with E-state index in [1.54, 1.807) is 5.56 Å². The summed E-state index contributed by atoms with van der Waals surface area (Å²) in [5.41, 5.74) is 4.66. The predicted octanol–water partition coefficient (Wildman–Crippen LogP) is 10.3. The van der Waals surface area contributed by atoms with Gasteiger partial charge in [0.2, 0.25) is 0 Å². The van der Waals surface area contributed by atoms with E-state index in [0.717, 1.165) is 0 Å². The quantitative estimate of drug-likeness (QED) is 0.168. The van der Waals surface area contributed by atoms with E-state index in [9.17, 15) is 0 Å². The van der Waals surface area contributed by atoms with Crippen molar-refractivity contribution in [1.82, 2.24) is 0 Å². The molecule has 0 atom stereocenters. The Morgan fingerprint density at radius 1 is 0.677 bits per heavy atom. The molecule has 0 saturated carbocycles. The Morgan fingerprint density at radius 2 is 1.06 bits per heavy atom. The van der Waals surface area contributed by atoms with Crippen molar-refractivity contribution in [2.24, 2.45) is 0 Å². The Labute approximate surface area is 202 Å². The summed E-state index contributed by atoms with van der Waals surface area (Å²) in [4.78, 5) is 1.21. The van der Waals surface area contributed by atoms with Gasteiger partial charge in [0.05, 0.1) is 8.07 Å². The van der Waals surface area contributed by atoms with Gasteiger partial charge >= 0.3 is 0 Å². The molecule has 0 aliphatic heterocycles. The van der Waals surface area contributed by atoms with Gasteiger partial charge in [0, 0.05) is 4.90 Å². The summed E-state index contributed by atoms with van der Waals surface area (Å²) in [5.74, 6) is 0. The van der Waals surface area contributed by atoms with Crippen molar-refractivity contribution in [1.29, 1.82) is 0 Å². The number of rotatable bonds is 13. The van der Waals surface area contributed by atoms with E-state index in [0.29, 0.717) is 0 Å². The molecule has 2 heteroatoms. The van der Waals surface area contributed by atoms with Crippen molar-refractivity contribution in [3.63, 3.8) is 0 Å². The standard InChI is InChI=1S/C29H54SSi/c1-10-11-12-13-14-15-16-17-18-19-20-31(8,9)23-24-21-25(28(2,3)4)27(30)26(22-24)29(5,6)7/h21-22,30H,10-20,23H2,1-9H3. The molecule has 0 aliphatic carbocycles. The minimum atomic E-state index is -1.24. The number of hydrogen-bond acceptors (Lipinski definition) is 1. The smallest absolute Gasteiger partial charge is 0.0517 e. The van der Waals surface area contributed by atoms with E-state index in [2.05, 4.69) is 73.7 Å². The van der Waals surface area contributed by atoms with Gasteiger partial charge in [-0.25, -0.2) is 0 Å². The fourth-order valence-corrected chi connectivity index (χ4v) is 8.16. The van der Waals surface area contributed by atoms with Crippen molar-refractivity contribution in [3.8, 4) is 0 Å². The topological polar surface area (TPSA) is 0 Å². The fourth-order valence-electron chi connectivity index (χ4n) is 4.67. The molecule has 0 heterocycles. The summed E-state index contributed by atoms with van der Waals surface area (Å²) >= 11 is 4.99. The van der Waals surface area contributed by atoms with Crippen LogP contribution in [0.5, 0.6) is 0 Å². The first kappa shape index (κ1) is 28.8. The molecule has 0 saturated heterocycles. The molecule has 31 heavy (non-hydrogen) atoms. The van der Waals surface area contributed by atoms with Crippen molar-refractivity contribution in [3.05, 3.63) is 28.8 Å². The second kappa shape index (κ2) is 12.9. The molecule has 0 fully saturated rings. The highest BCUT2D eigenvalue weighted by molar-refractivity contribution is 7.80. The van der Waals surface area contributed by atoms with E-state index in [4.69, 9.17) is 12.6 Å². The van der Waals surface area contributed by atoms with Crippen LogP contribution in [-0.4, -0.2) is 8.07 Å². The minimum absolute atomic E-state index is 0.134. The molecule has 1 rings (SSSR count). The second-order valence-corrected chi connectivity index (χ2v) is 18.4. The highest BCUT2D eigenvalue weighted by Gasteiger charge is 2.27. The third kappa shape index (κ3) is 11.0. The number of unbranched alkanes of at least 4 members (excludes halogenated alkanes) is 9. The van der Waals surface area contributed by atoms with Gasteiger partial charge in [0.25, 0.3) is 0 Å². The Bertz CT molecular complexity index is 611. The number of thiol groups is 1. The molecule has 0 amide bonds. The van der Waals surface area contributed by atoms with Crippen LogP contribution in [0.25, 0.3) is 0 Å². The normalized spacial score (nSPS) is 13.1. The zero-order valence-corrected chi connectivity index (χ0v) is 24.5. The summed E-state index contributed by atoms with van der Waals surface area (Å²) in [6.07, 6.45) is 14.3. The molecule has 0 spiro atoms. The van der Waals surface area contributed by atoms with Crippen LogP contribution in [0.1, 0.15) is 129 Å². The van der Waals surface area contributed by atoms with E-state index in [-0.39, 0.29) is 10.8 Å². The highest BCUT2D eigenvalue weighted by Crippen LogP contribution is 2.38. The third-order valence-corrected chi connectivity index (χ3v) is 10.2. The van der Waals surface area contributed by atoms with Gasteiger partial charge in [0.1, 0.15) is 0 Å². The zero-order chi connectivity index (χ0) is 23.7. The maximum absolute atomic E-state index is 4.99. The van der Waals surface area contributed by atoms with E-state index >= 15 is 0 Å². The van der Waals surface area contributed by atoms with Crippen LogP contribution in [-0.2, 0) is 16.9 Å². The first-order valence-corrected chi connectivity index (χ1v) is 17.0. The van der Waals surface area contributed by atoms with Gasteiger partial charge in [-0.3, -0.25) is 0 Å². The molecule has 0 radical (unpaired) electrons. The van der Waals surface area contributed by atoms with Gasteiger partial charge in [0.15, 0.2) is 0 Å². The Hall–Kier alpha value is -0.213. The van der Waals surface area contributed by atoms with Crippen LogP contribution in [0.2, 0.25) is 19.1 Å². The van der Waals surface area contributed by atoms with Crippen LogP contribution >= 0.6 is 12.6 Å². The SMILES string of the molecule is CCCCCCCCCCCC[Si](C)(C)Cc1cc(C(C)(C)C)c(S)c(C(C)(C)C)c1. The van der Waals surface area contributed by atoms with Crippen molar-refractivity contribution < 1.29 is 0 Å². The summed E-state index contributed by atoms with van der Waals surface area (Å²) in [7, 11) is -1.24.